The number of ether oxygens (including phenoxy) is 1. The predicted molar refractivity (Wildman–Crippen MR) is 143 cm³/mol. The lowest BCUT2D eigenvalue weighted by molar-refractivity contribution is -0.118. The lowest BCUT2D eigenvalue weighted by Crippen LogP contribution is -2.33. The van der Waals surface area contributed by atoms with Crippen LogP contribution in [0.15, 0.2) is 40.6 Å². The second kappa shape index (κ2) is 10.5. The summed E-state index contributed by atoms with van der Waals surface area (Å²) >= 11 is 4.82. The number of rotatable bonds is 9. The first-order valence-electron chi connectivity index (χ1n) is 11.9. The van der Waals surface area contributed by atoms with Crippen LogP contribution in [-0.4, -0.2) is 42.6 Å². The molecule has 1 aromatic carbocycles. The Balaban J connectivity index is 1.45. The van der Waals surface area contributed by atoms with Crippen LogP contribution in [0.2, 0.25) is 0 Å². The van der Waals surface area contributed by atoms with E-state index in [-0.39, 0.29) is 17.3 Å². The van der Waals surface area contributed by atoms with Crippen molar-refractivity contribution in [1.82, 2.24) is 24.9 Å². The molecule has 1 unspecified atom stereocenters. The van der Waals surface area contributed by atoms with E-state index in [0.29, 0.717) is 18.3 Å². The summed E-state index contributed by atoms with van der Waals surface area (Å²) in [7, 11) is 0. The average molecular weight is 528 g/mol. The SMILES string of the molecule is CCCSc1nc2sc3c(c2c2nnc(SCC(=O)NCc4ccccc4)n12)CC(C)(CC)OC3. The Hall–Kier alpha value is -2.14. The molecule has 0 fully saturated rings. The second-order valence-corrected chi connectivity index (χ2v) is 12.0. The average Bonchev–Trinajstić information content (AvgIpc) is 3.46. The molecule has 35 heavy (non-hydrogen) atoms. The summed E-state index contributed by atoms with van der Waals surface area (Å²) in [6, 6.07) is 9.92. The molecule has 1 aliphatic rings. The third kappa shape index (κ3) is 5.07. The molecule has 0 bridgehead atoms. The highest BCUT2D eigenvalue weighted by Gasteiger charge is 2.33. The Morgan fingerprint density at radius 3 is 2.80 bits per heavy atom. The van der Waals surface area contributed by atoms with Crippen LogP contribution in [-0.2, 0) is 29.1 Å². The summed E-state index contributed by atoms with van der Waals surface area (Å²) in [5, 5.41) is 14.8. The number of hydrogen-bond donors (Lipinski definition) is 1. The minimum atomic E-state index is -0.179. The van der Waals surface area contributed by atoms with Crippen molar-refractivity contribution in [1.29, 1.82) is 0 Å². The third-order valence-electron chi connectivity index (χ3n) is 6.27. The van der Waals surface area contributed by atoms with Gasteiger partial charge >= 0.3 is 0 Å². The summed E-state index contributed by atoms with van der Waals surface area (Å²) in [6.45, 7) is 7.63. The zero-order valence-corrected chi connectivity index (χ0v) is 22.6. The lowest BCUT2D eigenvalue weighted by atomic mass is 9.90. The molecule has 1 atom stereocenters. The van der Waals surface area contributed by atoms with Crippen LogP contribution >= 0.6 is 34.9 Å². The van der Waals surface area contributed by atoms with Crippen molar-refractivity contribution in [2.75, 3.05) is 11.5 Å². The van der Waals surface area contributed by atoms with Gasteiger partial charge in [0.25, 0.3) is 0 Å². The molecule has 1 amide bonds. The maximum atomic E-state index is 12.5. The van der Waals surface area contributed by atoms with Crippen molar-refractivity contribution in [3.05, 3.63) is 46.3 Å². The fraction of sp³-hybridized carbons (Fsp3) is 0.440. The van der Waals surface area contributed by atoms with Crippen molar-refractivity contribution in [3.63, 3.8) is 0 Å². The molecular weight excluding hydrogens is 499 g/mol. The van der Waals surface area contributed by atoms with E-state index < -0.39 is 0 Å². The van der Waals surface area contributed by atoms with Crippen molar-refractivity contribution in [2.45, 2.75) is 69.1 Å². The van der Waals surface area contributed by atoms with E-state index in [1.54, 1.807) is 23.1 Å². The highest BCUT2D eigenvalue weighted by atomic mass is 32.2. The number of benzene rings is 1. The molecule has 7 nitrogen and oxygen atoms in total. The summed E-state index contributed by atoms with van der Waals surface area (Å²) in [5.41, 5.74) is 3.02. The van der Waals surface area contributed by atoms with Crippen molar-refractivity contribution < 1.29 is 9.53 Å². The zero-order chi connectivity index (χ0) is 24.4. The van der Waals surface area contributed by atoms with E-state index in [9.17, 15) is 4.79 Å². The molecule has 1 N–H and O–H groups in total. The molecule has 0 radical (unpaired) electrons. The van der Waals surface area contributed by atoms with Gasteiger partial charge in [-0.15, -0.1) is 21.5 Å². The largest absolute Gasteiger partial charge is 0.369 e. The quantitative estimate of drug-likeness (QED) is 0.228. The number of fused-ring (bicyclic) bond motifs is 5. The molecule has 0 saturated heterocycles. The Morgan fingerprint density at radius 2 is 2.03 bits per heavy atom. The van der Waals surface area contributed by atoms with E-state index >= 15 is 0 Å². The van der Waals surface area contributed by atoms with Crippen LogP contribution in [0.25, 0.3) is 15.9 Å². The zero-order valence-electron chi connectivity index (χ0n) is 20.2. The summed E-state index contributed by atoms with van der Waals surface area (Å²) in [4.78, 5) is 19.8. The number of thioether (sulfide) groups is 2. The number of aromatic nitrogens is 4. The van der Waals surface area contributed by atoms with E-state index in [1.807, 2.05) is 34.7 Å². The van der Waals surface area contributed by atoms with Crippen molar-refractivity contribution in [3.8, 4) is 0 Å². The van der Waals surface area contributed by atoms with Gasteiger partial charge in [-0.05, 0) is 30.9 Å². The topological polar surface area (TPSA) is 81.4 Å². The molecule has 0 spiro atoms. The Kier molecular flexibility index (Phi) is 7.34. The molecule has 10 heteroatoms. The van der Waals surface area contributed by atoms with Gasteiger partial charge in [0.15, 0.2) is 16.0 Å². The van der Waals surface area contributed by atoms with Crippen LogP contribution < -0.4 is 5.32 Å². The molecule has 184 valence electrons. The summed E-state index contributed by atoms with van der Waals surface area (Å²) in [5.74, 6) is 1.19. The first kappa shape index (κ1) is 24.5. The smallest absolute Gasteiger partial charge is 0.230 e. The van der Waals surface area contributed by atoms with Gasteiger partial charge in [-0.25, -0.2) is 9.38 Å². The van der Waals surface area contributed by atoms with Gasteiger partial charge < -0.3 is 10.1 Å². The minimum absolute atomic E-state index is 0.0313. The number of carbonyl (C=O) groups is 1. The summed E-state index contributed by atoms with van der Waals surface area (Å²) in [6.07, 6.45) is 2.83. The highest BCUT2D eigenvalue weighted by Crippen LogP contribution is 2.42. The van der Waals surface area contributed by atoms with Crippen molar-refractivity contribution in [2.24, 2.45) is 0 Å². The third-order valence-corrected chi connectivity index (χ3v) is 9.44. The fourth-order valence-corrected chi connectivity index (χ4v) is 6.93. The molecule has 1 aliphatic heterocycles. The number of carbonyl (C=O) groups excluding carboxylic acids is 1. The van der Waals surface area contributed by atoms with E-state index in [4.69, 9.17) is 9.72 Å². The maximum Gasteiger partial charge on any atom is 0.230 e. The predicted octanol–water partition coefficient (Wildman–Crippen LogP) is 5.49. The molecule has 0 saturated carbocycles. The Bertz CT molecular complexity index is 1350. The molecule has 4 heterocycles. The first-order chi connectivity index (χ1) is 17.0. The number of nitrogens with one attached hydrogen (secondary N) is 1. The number of nitrogens with zero attached hydrogens (tertiary/aromatic N) is 4. The van der Waals surface area contributed by atoms with Crippen LogP contribution in [0.5, 0.6) is 0 Å². The molecule has 3 aromatic heterocycles. The van der Waals surface area contributed by atoms with Crippen LogP contribution in [0.1, 0.15) is 49.6 Å². The lowest BCUT2D eigenvalue weighted by Gasteiger charge is -2.33. The molecular formula is C25H29N5O2S3. The number of amides is 1. The van der Waals surface area contributed by atoms with Gasteiger partial charge in [0.2, 0.25) is 5.91 Å². The van der Waals surface area contributed by atoms with E-state index in [2.05, 4.69) is 36.3 Å². The molecule has 4 aromatic rings. The van der Waals surface area contributed by atoms with Crippen LogP contribution in [0.3, 0.4) is 0 Å². The van der Waals surface area contributed by atoms with Crippen LogP contribution in [0.4, 0.5) is 0 Å². The minimum Gasteiger partial charge on any atom is -0.369 e. The van der Waals surface area contributed by atoms with Gasteiger partial charge in [0.05, 0.1) is 23.3 Å². The van der Waals surface area contributed by atoms with Gasteiger partial charge in [0.1, 0.15) is 4.83 Å². The van der Waals surface area contributed by atoms with Crippen LogP contribution in [0, 0.1) is 0 Å². The van der Waals surface area contributed by atoms with Gasteiger partial charge in [-0.3, -0.25) is 4.79 Å². The van der Waals surface area contributed by atoms with Gasteiger partial charge in [-0.2, -0.15) is 0 Å². The maximum absolute atomic E-state index is 12.5. The Labute approximate surface area is 217 Å². The highest BCUT2D eigenvalue weighted by molar-refractivity contribution is 8.00. The van der Waals surface area contributed by atoms with Gasteiger partial charge in [-0.1, -0.05) is 67.7 Å². The van der Waals surface area contributed by atoms with Gasteiger partial charge in [0, 0.05) is 23.6 Å². The van der Waals surface area contributed by atoms with E-state index in [1.165, 1.54) is 22.2 Å². The molecule has 5 rings (SSSR count). The first-order valence-corrected chi connectivity index (χ1v) is 14.7. The summed E-state index contributed by atoms with van der Waals surface area (Å²) < 4.78 is 8.23. The Morgan fingerprint density at radius 1 is 1.20 bits per heavy atom. The molecule has 0 aliphatic carbocycles. The standard InChI is InChI=1S/C25H29N5O2S3/c1-4-11-33-23-27-22-20(17-12-25(3,5-2)32-14-18(17)35-22)21-28-29-24(30(21)23)34-15-19(31)26-13-16-9-7-6-8-10-16/h6-10H,4-5,11-15H2,1-3H3,(H,26,31). The monoisotopic (exact) mass is 527 g/mol. The number of hydrogen-bond acceptors (Lipinski definition) is 8. The fourth-order valence-electron chi connectivity index (χ4n) is 4.11. The van der Waals surface area contributed by atoms with E-state index in [0.717, 1.165) is 51.6 Å². The second-order valence-electron chi connectivity index (χ2n) is 8.89. The normalized spacial score (nSPS) is 17.7. The number of thiophene rings is 1. The van der Waals surface area contributed by atoms with Crippen molar-refractivity contribution >= 4 is 56.6 Å².